The van der Waals surface area contributed by atoms with Gasteiger partial charge in [-0.3, -0.25) is 0 Å². The monoisotopic (exact) mass is 418 g/mol. The zero-order chi connectivity index (χ0) is 22.4. The maximum absolute atomic E-state index is 10.1. The van der Waals surface area contributed by atoms with Gasteiger partial charge in [-0.25, -0.2) is 0 Å². The van der Waals surface area contributed by atoms with Crippen molar-refractivity contribution in [2.75, 3.05) is 6.61 Å². The molecule has 7 unspecified atom stereocenters. The maximum atomic E-state index is 10.1. The van der Waals surface area contributed by atoms with Gasteiger partial charge in [0.2, 0.25) is 0 Å². The Kier molecular flexibility index (Phi) is 9.91. The van der Waals surface area contributed by atoms with Crippen molar-refractivity contribution in [1.29, 1.82) is 0 Å². The van der Waals surface area contributed by atoms with Gasteiger partial charge in [-0.15, -0.1) is 6.58 Å². The highest BCUT2D eigenvalue weighted by atomic mass is 16.7. The first-order chi connectivity index (χ1) is 13.3. The van der Waals surface area contributed by atoms with Gasteiger partial charge < -0.3 is 40.1 Å². The summed E-state index contributed by atoms with van der Waals surface area (Å²) < 4.78 is 11.2. The molecule has 1 saturated heterocycles. The maximum Gasteiger partial charge on any atom is 0.187 e. The molecular formula is C21H38O8. The Morgan fingerprint density at radius 1 is 1.17 bits per heavy atom. The standard InChI is InChI=1S/C21H38O8/c1-6-21(5,11-7-8-13(2)9-10-15(23)20(3,4)27)29-19-18(26)17(25)16(24)14(12-22)28-19/h6,8,14-19,22-27H,1,7,9-12H2,2-5H3. The van der Waals surface area contributed by atoms with Gasteiger partial charge in [0.25, 0.3) is 0 Å². The van der Waals surface area contributed by atoms with Crippen LogP contribution in [0.15, 0.2) is 24.3 Å². The molecule has 0 bridgehead atoms. The summed E-state index contributed by atoms with van der Waals surface area (Å²) in [5.41, 5.74) is -0.953. The molecule has 1 fully saturated rings. The Bertz CT molecular complexity index is 541. The Morgan fingerprint density at radius 3 is 2.31 bits per heavy atom. The molecular weight excluding hydrogens is 380 g/mol. The summed E-state index contributed by atoms with van der Waals surface area (Å²) in [5.74, 6) is 0. The Labute approximate surface area is 173 Å². The smallest absolute Gasteiger partial charge is 0.187 e. The van der Waals surface area contributed by atoms with Crippen molar-refractivity contribution in [1.82, 2.24) is 0 Å². The first kappa shape index (κ1) is 26.2. The second kappa shape index (κ2) is 11.0. The van der Waals surface area contributed by atoms with Crippen molar-refractivity contribution in [3.63, 3.8) is 0 Å². The summed E-state index contributed by atoms with van der Waals surface area (Å²) in [5, 5.41) is 58.9. The molecule has 0 spiro atoms. The lowest BCUT2D eigenvalue weighted by Crippen LogP contribution is -2.60. The molecule has 1 aliphatic rings. The van der Waals surface area contributed by atoms with Crippen molar-refractivity contribution >= 4 is 0 Å². The lowest BCUT2D eigenvalue weighted by Gasteiger charge is -2.42. The molecule has 7 atom stereocenters. The van der Waals surface area contributed by atoms with E-state index in [1.807, 2.05) is 13.0 Å². The minimum atomic E-state index is -1.50. The molecule has 0 radical (unpaired) electrons. The normalized spacial score (nSPS) is 31.9. The molecule has 0 aromatic rings. The van der Waals surface area contributed by atoms with Crippen LogP contribution in [-0.2, 0) is 9.47 Å². The van der Waals surface area contributed by atoms with Gasteiger partial charge >= 0.3 is 0 Å². The number of hydrogen-bond donors (Lipinski definition) is 6. The van der Waals surface area contributed by atoms with E-state index < -0.39 is 54.6 Å². The average Bonchev–Trinajstić information content (AvgIpc) is 2.65. The summed E-state index contributed by atoms with van der Waals surface area (Å²) >= 11 is 0. The molecule has 0 amide bonds. The van der Waals surface area contributed by atoms with Crippen LogP contribution >= 0.6 is 0 Å². The molecule has 0 aliphatic carbocycles. The van der Waals surface area contributed by atoms with Crippen LogP contribution in [0.5, 0.6) is 0 Å². The van der Waals surface area contributed by atoms with E-state index in [0.29, 0.717) is 25.7 Å². The highest BCUT2D eigenvalue weighted by Gasteiger charge is 2.45. The first-order valence-corrected chi connectivity index (χ1v) is 10.0. The molecule has 0 saturated carbocycles. The fourth-order valence-corrected chi connectivity index (χ4v) is 3.06. The van der Waals surface area contributed by atoms with E-state index in [2.05, 4.69) is 6.58 Å². The lowest BCUT2D eigenvalue weighted by atomic mass is 9.94. The Balaban J connectivity index is 2.63. The van der Waals surface area contributed by atoms with Crippen molar-refractivity contribution in [2.24, 2.45) is 0 Å². The fraction of sp³-hybridized carbons (Fsp3) is 0.810. The molecule has 8 nitrogen and oxygen atoms in total. The molecule has 0 aromatic carbocycles. The number of aliphatic hydroxyl groups excluding tert-OH is 5. The van der Waals surface area contributed by atoms with Gasteiger partial charge in [-0.2, -0.15) is 0 Å². The summed E-state index contributed by atoms with van der Waals surface area (Å²) in [4.78, 5) is 0. The van der Waals surface area contributed by atoms with E-state index in [-0.39, 0.29) is 0 Å². The fourth-order valence-electron chi connectivity index (χ4n) is 3.06. The number of allylic oxidation sites excluding steroid dienone is 2. The van der Waals surface area contributed by atoms with Crippen LogP contribution in [-0.4, -0.2) is 85.3 Å². The molecule has 0 aromatic heterocycles. The van der Waals surface area contributed by atoms with E-state index in [9.17, 15) is 30.6 Å². The Morgan fingerprint density at radius 2 is 1.79 bits per heavy atom. The van der Waals surface area contributed by atoms with Gasteiger partial charge in [-0.05, 0) is 53.4 Å². The van der Waals surface area contributed by atoms with Crippen LogP contribution < -0.4 is 0 Å². The Hall–Kier alpha value is -0.840. The number of aliphatic hydroxyl groups is 6. The van der Waals surface area contributed by atoms with Crippen molar-refractivity contribution < 1.29 is 40.1 Å². The van der Waals surface area contributed by atoms with E-state index in [4.69, 9.17) is 9.47 Å². The topological polar surface area (TPSA) is 140 Å². The van der Waals surface area contributed by atoms with E-state index in [1.54, 1.807) is 26.8 Å². The van der Waals surface area contributed by atoms with Crippen LogP contribution in [0.1, 0.15) is 53.4 Å². The van der Waals surface area contributed by atoms with Crippen LogP contribution in [0.3, 0.4) is 0 Å². The van der Waals surface area contributed by atoms with Crippen LogP contribution in [0.4, 0.5) is 0 Å². The molecule has 1 heterocycles. The van der Waals surface area contributed by atoms with Gasteiger partial charge in [0, 0.05) is 0 Å². The second-order valence-corrected chi connectivity index (χ2v) is 8.63. The molecule has 29 heavy (non-hydrogen) atoms. The summed E-state index contributed by atoms with van der Waals surface area (Å²) in [6, 6.07) is 0. The zero-order valence-corrected chi connectivity index (χ0v) is 17.9. The third-order valence-electron chi connectivity index (χ3n) is 5.43. The van der Waals surface area contributed by atoms with Crippen molar-refractivity contribution in [3.8, 4) is 0 Å². The summed E-state index contributed by atoms with van der Waals surface area (Å²) in [6.45, 7) is 10.1. The first-order valence-electron chi connectivity index (χ1n) is 10.0. The van der Waals surface area contributed by atoms with Crippen LogP contribution in [0.25, 0.3) is 0 Å². The average molecular weight is 419 g/mol. The third kappa shape index (κ3) is 7.73. The van der Waals surface area contributed by atoms with Gasteiger partial charge in [0.05, 0.1) is 23.9 Å². The third-order valence-corrected chi connectivity index (χ3v) is 5.43. The molecule has 170 valence electrons. The van der Waals surface area contributed by atoms with E-state index in [0.717, 1.165) is 5.57 Å². The minimum Gasteiger partial charge on any atom is -0.394 e. The molecule has 1 aliphatic heterocycles. The predicted octanol–water partition coefficient (Wildman–Crippen LogP) is 0.386. The molecule has 6 N–H and O–H groups in total. The molecule has 8 heteroatoms. The van der Waals surface area contributed by atoms with Crippen LogP contribution in [0.2, 0.25) is 0 Å². The molecule has 1 rings (SSSR count). The minimum absolute atomic E-state index is 0.450. The van der Waals surface area contributed by atoms with E-state index >= 15 is 0 Å². The predicted molar refractivity (Wildman–Crippen MR) is 108 cm³/mol. The highest BCUT2D eigenvalue weighted by Crippen LogP contribution is 2.29. The van der Waals surface area contributed by atoms with Gasteiger partial charge in [-0.1, -0.05) is 17.7 Å². The van der Waals surface area contributed by atoms with Crippen molar-refractivity contribution in [3.05, 3.63) is 24.3 Å². The number of hydrogen-bond acceptors (Lipinski definition) is 8. The second-order valence-electron chi connectivity index (χ2n) is 8.63. The summed E-state index contributed by atoms with van der Waals surface area (Å²) in [7, 11) is 0. The number of rotatable bonds is 11. The largest absolute Gasteiger partial charge is 0.394 e. The highest BCUT2D eigenvalue weighted by molar-refractivity contribution is 5.03. The van der Waals surface area contributed by atoms with Crippen molar-refractivity contribution in [2.45, 2.75) is 101 Å². The van der Waals surface area contributed by atoms with Gasteiger partial charge in [0.15, 0.2) is 6.29 Å². The zero-order valence-electron chi connectivity index (χ0n) is 17.9. The quantitative estimate of drug-likeness (QED) is 0.265. The SMILES string of the molecule is C=CC(C)(CCC=C(C)CCC(O)C(C)(C)O)OC1OC(CO)C(O)C(O)C1O. The van der Waals surface area contributed by atoms with E-state index in [1.165, 1.54) is 0 Å². The van der Waals surface area contributed by atoms with Crippen LogP contribution in [0, 0.1) is 0 Å². The number of ether oxygens (including phenoxy) is 2. The lowest BCUT2D eigenvalue weighted by molar-refractivity contribution is -0.319. The van der Waals surface area contributed by atoms with Gasteiger partial charge in [0.1, 0.15) is 24.4 Å². The summed E-state index contributed by atoms with van der Waals surface area (Å²) in [6.07, 6.45) is -1.63.